The first-order chi connectivity index (χ1) is 16.6. The third kappa shape index (κ3) is 4.67. The van der Waals surface area contributed by atoms with Crippen LogP contribution in [0.15, 0.2) is 30.6 Å². The molecule has 3 aromatic rings. The monoisotopic (exact) mass is 466 g/mol. The molecule has 2 aromatic heterocycles. The minimum atomic E-state index is -0.284. The van der Waals surface area contributed by atoms with Crippen LogP contribution >= 0.6 is 0 Å². The molecule has 1 amide bonds. The number of ether oxygens (including phenoxy) is 2. The Labute approximate surface area is 197 Å². The number of benzene rings is 1. The molecule has 0 bridgehead atoms. The highest BCUT2D eigenvalue weighted by atomic mass is 16.5. The summed E-state index contributed by atoms with van der Waals surface area (Å²) in [6.07, 6.45) is 3.35. The molecule has 180 valence electrons. The fourth-order valence-electron chi connectivity index (χ4n) is 4.32. The van der Waals surface area contributed by atoms with Gasteiger partial charge in [0.25, 0.3) is 0 Å². The van der Waals surface area contributed by atoms with E-state index in [1.165, 1.54) is 16.5 Å². The Morgan fingerprint density at radius 1 is 1.24 bits per heavy atom. The molecule has 2 aliphatic rings. The molecule has 3 heterocycles. The van der Waals surface area contributed by atoms with Crippen molar-refractivity contribution in [2.45, 2.75) is 31.5 Å². The van der Waals surface area contributed by atoms with E-state index in [-0.39, 0.29) is 18.2 Å². The van der Waals surface area contributed by atoms with Gasteiger partial charge >= 0.3 is 6.03 Å². The van der Waals surface area contributed by atoms with E-state index in [1.54, 1.807) is 14.2 Å². The molecule has 1 saturated heterocycles. The zero-order valence-corrected chi connectivity index (χ0v) is 19.5. The number of nitrogens with zero attached hydrogens (tertiary/aromatic N) is 5. The summed E-state index contributed by atoms with van der Waals surface area (Å²) < 4.78 is 12.2. The predicted molar refractivity (Wildman–Crippen MR) is 128 cm³/mol. The lowest BCUT2D eigenvalue weighted by Crippen LogP contribution is -2.52. The Kier molecular flexibility index (Phi) is 6.57. The minimum Gasteiger partial charge on any atom is -0.379 e. The second kappa shape index (κ2) is 9.92. The lowest BCUT2D eigenvalue weighted by molar-refractivity contribution is 0.0110. The first-order valence-electron chi connectivity index (χ1n) is 11.6. The number of morpholine rings is 1. The molecule has 0 unspecified atom stereocenters. The fourth-order valence-corrected chi connectivity index (χ4v) is 4.32. The molecule has 0 radical (unpaired) electrons. The lowest BCUT2D eigenvalue weighted by atomic mass is 9.89. The van der Waals surface area contributed by atoms with Crippen molar-refractivity contribution in [3.8, 4) is 0 Å². The van der Waals surface area contributed by atoms with Crippen molar-refractivity contribution in [1.29, 1.82) is 0 Å². The van der Waals surface area contributed by atoms with E-state index in [1.807, 2.05) is 12.1 Å². The number of nitrogens with one attached hydrogen (secondary N) is 3. The predicted octanol–water partition coefficient (Wildman–Crippen LogP) is 2.18. The van der Waals surface area contributed by atoms with Crippen LogP contribution in [0.25, 0.3) is 11.2 Å². The second-order valence-corrected chi connectivity index (χ2v) is 8.55. The van der Waals surface area contributed by atoms with Crippen LogP contribution in [0.2, 0.25) is 0 Å². The van der Waals surface area contributed by atoms with Gasteiger partial charge in [-0.3, -0.25) is 4.90 Å². The third-order valence-electron chi connectivity index (χ3n) is 6.37. The molecular formula is C23H30N8O3. The van der Waals surface area contributed by atoms with E-state index in [4.69, 9.17) is 9.47 Å². The van der Waals surface area contributed by atoms with Crippen LogP contribution in [-0.4, -0.2) is 83.1 Å². The molecule has 5 rings (SSSR count). The summed E-state index contributed by atoms with van der Waals surface area (Å²) in [6, 6.07) is 7.89. The Balaban J connectivity index is 1.37. The van der Waals surface area contributed by atoms with Gasteiger partial charge in [-0.05, 0) is 30.5 Å². The second-order valence-electron chi connectivity index (χ2n) is 8.55. The van der Waals surface area contributed by atoms with Gasteiger partial charge in [-0.2, -0.15) is 9.97 Å². The first kappa shape index (κ1) is 22.5. The number of fused-ring (bicyclic) bond motifs is 1. The normalized spacial score (nSPS) is 20.6. The zero-order valence-electron chi connectivity index (χ0n) is 19.5. The van der Waals surface area contributed by atoms with Crippen molar-refractivity contribution in [2.75, 3.05) is 51.1 Å². The molecule has 1 saturated carbocycles. The molecular weight excluding hydrogens is 436 g/mol. The average molecular weight is 467 g/mol. The van der Waals surface area contributed by atoms with Crippen molar-refractivity contribution >= 4 is 34.6 Å². The number of rotatable bonds is 7. The maximum atomic E-state index is 12.9. The highest BCUT2D eigenvalue weighted by Crippen LogP contribution is 2.25. The molecule has 2 fully saturated rings. The van der Waals surface area contributed by atoms with Gasteiger partial charge in [0.2, 0.25) is 5.95 Å². The number of imidazole rings is 1. The molecule has 11 heteroatoms. The minimum absolute atomic E-state index is 0.00707. The van der Waals surface area contributed by atoms with Gasteiger partial charge in [0, 0.05) is 39.5 Å². The topological polar surface area (TPSA) is 118 Å². The summed E-state index contributed by atoms with van der Waals surface area (Å²) in [5.74, 6) is 0.926. The van der Waals surface area contributed by atoms with E-state index >= 15 is 0 Å². The Bertz CT molecular complexity index is 1160. The summed E-state index contributed by atoms with van der Waals surface area (Å²) in [5.41, 5.74) is 3.03. The van der Waals surface area contributed by atoms with E-state index < -0.39 is 0 Å². The number of aromatic nitrogens is 4. The van der Waals surface area contributed by atoms with Crippen LogP contribution in [0.3, 0.4) is 0 Å². The van der Waals surface area contributed by atoms with E-state index in [9.17, 15) is 4.79 Å². The molecule has 3 N–H and O–H groups in total. The van der Waals surface area contributed by atoms with Gasteiger partial charge in [0.05, 0.1) is 25.4 Å². The van der Waals surface area contributed by atoms with Crippen molar-refractivity contribution < 1.29 is 14.3 Å². The van der Waals surface area contributed by atoms with Crippen molar-refractivity contribution in [1.82, 2.24) is 29.7 Å². The van der Waals surface area contributed by atoms with Crippen LogP contribution in [0.5, 0.6) is 0 Å². The molecule has 34 heavy (non-hydrogen) atoms. The Hall–Kier alpha value is -3.28. The van der Waals surface area contributed by atoms with Gasteiger partial charge in [-0.25, -0.2) is 14.3 Å². The van der Waals surface area contributed by atoms with Crippen LogP contribution < -0.4 is 16.0 Å². The maximum absolute atomic E-state index is 12.9. The average Bonchev–Trinajstić information content (AvgIpc) is 3.26. The number of anilines is 3. The number of hydrogen-bond acceptors (Lipinski definition) is 9. The molecule has 0 spiro atoms. The van der Waals surface area contributed by atoms with E-state index in [0.717, 1.165) is 51.4 Å². The molecule has 1 aliphatic heterocycles. The van der Waals surface area contributed by atoms with Crippen molar-refractivity contribution in [3.63, 3.8) is 0 Å². The maximum Gasteiger partial charge on any atom is 0.328 e. The quantitative estimate of drug-likeness (QED) is 0.481. The highest BCUT2D eigenvalue weighted by Gasteiger charge is 2.32. The van der Waals surface area contributed by atoms with Crippen LogP contribution in [-0.2, 0) is 16.0 Å². The summed E-state index contributed by atoms with van der Waals surface area (Å²) in [5, 5.41) is 9.35. The largest absolute Gasteiger partial charge is 0.379 e. The summed E-state index contributed by atoms with van der Waals surface area (Å²) in [6.45, 7) is 4.26. The zero-order chi connectivity index (χ0) is 23.5. The highest BCUT2D eigenvalue weighted by molar-refractivity contribution is 5.92. The van der Waals surface area contributed by atoms with E-state index in [0.29, 0.717) is 22.9 Å². The smallest absolute Gasteiger partial charge is 0.328 e. The Morgan fingerprint density at radius 2 is 2.09 bits per heavy atom. The number of carbonyl (C=O) groups excluding carboxylic acids is 1. The van der Waals surface area contributed by atoms with Gasteiger partial charge < -0.3 is 25.4 Å². The van der Waals surface area contributed by atoms with E-state index in [2.05, 4.69) is 47.9 Å². The van der Waals surface area contributed by atoms with Crippen LogP contribution in [0, 0.1) is 0 Å². The number of methoxy groups -OCH3 is 1. The van der Waals surface area contributed by atoms with Crippen LogP contribution in [0.4, 0.5) is 22.2 Å². The van der Waals surface area contributed by atoms with Crippen molar-refractivity contribution in [3.05, 3.63) is 36.2 Å². The van der Waals surface area contributed by atoms with Crippen molar-refractivity contribution in [2.24, 2.45) is 0 Å². The fraction of sp³-hybridized carbons (Fsp3) is 0.478. The van der Waals surface area contributed by atoms with Gasteiger partial charge in [-0.1, -0.05) is 12.1 Å². The standard InChI is InChI=1S/C23H30N8O3/c1-24-20-19-21(31(14-25-19)23(32)27-17-6-7-18(17)33-2)29-22(28-20)26-16-5-3-4-15(12-16)13-30-8-10-34-11-9-30/h3-5,12,14,17-18H,6-11,13H2,1-2H3,(H,27,32)(H2,24,26,28,29)/t17-,18-/m1/s1. The SMILES string of the molecule is CNc1nc(Nc2cccc(CN3CCOCC3)c2)nc2c1ncn2C(=O)N[C@@H]1CC[C@H]1OC. The number of carbonyl (C=O) groups is 1. The first-order valence-corrected chi connectivity index (χ1v) is 11.6. The molecule has 1 aliphatic carbocycles. The number of hydrogen-bond donors (Lipinski definition) is 3. The summed E-state index contributed by atoms with van der Waals surface area (Å²) in [7, 11) is 3.43. The Morgan fingerprint density at radius 3 is 2.82 bits per heavy atom. The van der Waals surface area contributed by atoms with Gasteiger partial charge in [0.1, 0.15) is 6.33 Å². The van der Waals surface area contributed by atoms with Crippen LogP contribution in [0.1, 0.15) is 18.4 Å². The molecule has 1 aromatic carbocycles. The summed E-state index contributed by atoms with van der Waals surface area (Å²) in [4.78, 5) is 28.8. The summed E-state index contributed by atoms with van der Waals surface area (Å²) >= 11 is 0. The number of amides is 1. The van der Waals surface area contributed by atoms with Gasteiger partial charge in [-0.15, -0.1) is 0 Å². The lowest BCUT2D eigenvalue weighted by Gasteiger charge is -2.35. The third-order valence-corrected chi connectivity index (χ3v) is 6.37. The molecule has 11 nitrogen and oxygen atoms in total. The van der Waals surface area contributed by atoms with Gasteiger partial charge in [0.15, 0.2) is 17.0 Å². The molecule has 2 atom stereocenters.